The van der Waals surface area contributed by atoms with Crippen molar-refractivity contribution in [2.24, 2.45) is 0 Å². The largest absolute Gasteiger partial charge is 0.481 e. The third kappa shape index (κ3) is 8.85. The van der Waals surface area contributed by atoms with E-state index in [-0.39, 0.29) is 0 Å². The highest BCUT2D eigenvalue weighted by atomic mass is 16.4. The van der Waals surface area contributed by atoms with E-state index in [0.29, 0.717) is 13.0 Å². The highest BCUT2D eigenvalue weighted by molar-refractivity contribution is 5.95. The van der Waals surface area contributed by atoms with Crippen LogP contribution in [0.4, 0.5) is 0 Å². The lowest BCUT2D eigenvalue weighted by molar-refractivity contribution is -0.147. The van der Waals surface area contributed by atoms with Gasteiger partial charge in [-0.15, -0.1) is 0 Å². The van der Waals surface area contributed by atoms with Gasteiger partial charge in [-0.05, 0) is 32.7 Å². The van der Waals surface area contributed by atoms with Crippen LogP contribution in [0.25, 0.3) is 0 Å². The van der Waals surface area contributed by atoms with Gasteiger partial charge in [-0.3, -0.25) is 24.0 Å². The minimum absolute atomic E-state index is 0.447. The number of carbonyl (C=O) groups excluding carboxylic acids is 3. The van der Waals surface area contributed by atoms with Gasteiger partial charge in [0.2, 0.25) is 17.7 Å². The molecule has 0 bridgehead atoms. The van der Waals surface area contributed by atoms with Crippen molar-refractivity contribution in [3.63, 3.8) is 0 Å². The van der Waals surface area contributed by atoms with Gasteiger partial charge in [0, 0.05) is 6.42 Å². The Bertz CT molecular complexity index is 735. The molecule has 1 saturated heterocycles. The first kappa shape index (κ1) is 26.8. The van der Waals surface area contributed by atoms with E-state index >= 15 is 0 Å². The lowest BCUT2D eigenvalue weighted by Gasteiger charge is -2.26. The second-order valence-corrected chi connectivity index (χ2v) is 7.37. The summed E-state index contributed by atoms with van der Waals surface area (Å²) in [5.41, 5.74) is 0. The molecular weight excluding hydrogens is 432 g/mol. The minimum atomic E-state index is -1.81. The number of aliphatic hydroxyl groups is 1. The molecular formula is C18H28N4O10. The Hall–Kier alpha value is -3.26. The summed E-state index contributed by atoms with van der Waals surface area (Å²) < 4.78 is 0. The van der Waals surface area contributed by atoms with Crippen molar-refractivity contribution in [1.29, 1.82) is 0 Å². The highest BCUT2D eigenvalue weighted by Gasteiger charge is 2.34. The Kier molecular flexibility index (Phi) is 10.5. The van der Waals surface area contributed by atoms with Crippen LogP contribution in [0.3, 0.4) is 0 Å². The van der Waals surface area contributed by atoms with Gasteiger partial charge < -0.3 is 41.7 Å². The zero-order chi connectivity index (χ0) is 24.4. The third-order valence-corrected chi connectivity index (χ3v) is 4.71. The van der Waals surface area contributed by atoms with E-state index in [4.69, 9.17) is 15.3 Å². The van der Waals surface area contributed by atoms with Crippen molar-refractivity contribution in [2.45, 2.75) is 69.3 Å². The van der Waals surface area contributed by atoms with Crippen molar-refractivity contribution in [2.75, 3.05) is 6.54 Å². The molecule has 5 atom stereocenters. The number of aliphatic carboxylic acids is 3. The molecule has 0 radical (unpaired) electrons. The van der Waals surface area contributed by atoms with Crippen molar-refractivity contribution >= 4 is 35.6 Å². The molecule has 3 amide bonds. The average molecular weight is 460 g/mol. The molecule has 0 aromatic heterocycles. The molecule has 0 saturated carbocycles. The van der Waals surface area contributed by atoms with E-state index in [1.54, 1.807) is 0 Å². The van der Waals surface area contributed by atoms with Crippen molar-refractivity contribution in [1.82, 2.24) is 21.3 Å². The Labute approximate surface area is 182 Å². The van der Waals surface area contributed by atoms with Gasteiger partial charge in [-0.25, -0.2) is 4.79 Å². The number of rotatable bonds is 13. The molecule has 1 heterocycles. The molecule has 14 nitrogen and oxygen atoms in total. The van der Waals surface area contributed by atoms with Gasteiger partial charge in [0.1, 0.15) is 18.1 Å². The zero-order valence-corrected chi connectivity index (χ0v) is 17.4. The summed E-state index contributed by atoms with van der Waals surface area (Å²) >= 11 is 0. The number of amides is 3. The van der Waals surface area contributed by atoms with Gasteiger partial charge in [-0.2, -0.15) is 0 Å². The first-order valence-corrected chi connectivity index (χ1v) is 9.91. The Morgan fingerprint density at radius 1 is 0.938 bits per heavy atom. The Balaban J connectivity index is 2.92. The number of carboxylic acids is 3. The molecule has 32 heavy (non-hydrogen) atoms. The second kappa shape index (κ2) is 12.6. The standard InChI is InChI=1S/C18H28N4O10/c1-8(23)14(22-15(28)9-3-2-6-19-9)17(30)20-10(4-5-12(24)25)16(29)21-11(18(31)32)7-13(26)27/h8-11,14,19,23H,2-7H2,1H3,(H,20,30)(H,21,29)(H,22,28)(H,24,25)(H,26,27)(H,31,32). The van der Waals surface area contributed by atoms with Crippen LogP contribution in [0.2, 0.25) is 0 Å². The topological polar surface area (TPSA) is 231 Å². The summed E-state index contributed by atoms with van der Waals surface area (Å²) in [7, 11) is 0. The van der Waals surface area contributed by atoms with E-state index in [1.165, 1.54) is 6.92 Å². The maximum absolute atomic E-state index is 12.6. The van der Waals surface area contributed by atoms with Gasteiger partial charge in [0.25, 0.3) is 0 Å². The molecule has 1 aliphatic rings. The Morgan fingerprint density at radius 3 is 2.03 bits per heavy atom. The number of nitrogens with one attached hydrogen (secondary N) is 4. The molecule has 8 N–H and O–H groups in total. The summed E-state index contributed by atoms with van der Waals surface area (Å²) in [4.78, 5) is 70.3. The summed E-state index contributed by atoms with van der Waals surface area (Å²) in [5, 5.41) is 46.1. The summed E-state index contributed by atoms with van der Waals surface area (Å²) in [5.74, 6) is -7.10. The van der Waals surface area contributed by atoms with Gasteiger partial charge in [-0.1, -0.05) is 0 Å². The lowest BCUT2D eigenvalue weighted by atomic mass is 10.1. The first-order chi connectivity index (χ1) is 14.9. The van der Waals surface area contributed by atoms with Crippen LogP contribution in [0.1, 0.15) is 39.0 Å². The fourth-order valence-corrected chi connectivity index (χ4v) is 3.01. The van der Waals surface area contributed by atoms with Crippen molar-refractivity contribution < 1.29 is 49.2 Å². The zero-order valence-electron chi connectivity index (χ0n) is 17.4. The molecule has 0 aromatic carbocycles. The third-order valence-electron chi connectivity index (χ3n) is 4.71. The van der Waals surface area contributed by atoms with Gasteiger partial charge >= 0.3 is 17.9 Å². The fraction of sp³-hybridized carbons (Fsp3) is 0.667. The van der Waals surface area contributed by atoms with E-state index in [1.807, 2.05) is 5.32 Å². The second-order valence-electron chi connectivity index (χ2n) is 7.37. The van der Waals surface area contributed by atoms with E-state index in [9.17, 15) is 33.9 Å². The number of carbonyl (C=O) groups is 6. The molecule has 0 aromatic rings. The SMILES string of the molecule is CC(O)C(NC(=O)C1CCCN1)C(=O)NC(CCC(=O)O)C(=O)NC(CC(=O)O)C(=O)O. The summed E-state index contributed by atoms with van der Waals surface area (Å²) in [6.45, 7) is 1.84. The van der Waals surface area contributed by atoms with Crippen molar-refractivity contribution in [3.05, 3.63) is 0 Å². The van der Waals surface area contributed by atoms with E-state index in [0.717, 1.165) is 6.42 Å². The fourth-order valence-electron chi connectivity index (χ4n) is 3.01. The maximum atomic E-state index is 12.6. The normalized spacial score (nSPS) is 19.1. The van der Waals surface area contributed by atoms with Crippen LogP contribution in [0, 0.1) is 0 Å². The smallest absolute Gasteiger partial charge is 0.326 e. The predicted octanol–water partition coefficient (Wildman–Crippen LogP) is -3.00. The molecule has 0 spiro atoms. The quantitative estimate of drug-likeness (QED) is 0.138. The van der Waals surface area contributed by atoms with Crippen molar-refractivity contribution in [3.8, 4) is 0 Å². The summed E-state index contributed by atoms with van der Waals surface area (Å²) in [6.07, 6.45) is -2.06. The van der Waals surface area contributed by atoms with Crippen LogP contribution in [-0.2, 0) is 28.8 Å². The van der Waals surface area contributed by atoms with Crippen LogP contribution < -0.4 is 21.3 Å². The van der Waals surface area contributed by atoms with Crippen LogP contribution in [0.15, 0.2) is 0 Å². The molecule has 1 aliphatic heterocycles. The first-order valence-electron chi connectivity index (χ1n) is 9.91. The van der Waals surface area contributed by atoms with Crippen LogP contribution in [-0.4, -0.2) is 92.9 Å². The average Bonchev–Trinajstić information content (AvgIpc) is 3.22. The van der Waals surface area contributed by atoms with Gasteiger partial charge in [0.15, 0.2) is 0 Å². The minimum Gasteiger partial charge on any atom is -0.481 e. The monoisotopic (exact) mass is 460 g/mol. The lowest BCUT2D eigenvalue weighted by Crippen LogP contribution is -2.59. The number of hydrogen-bond acceptors (Lipinski definition) is 8. The van der Waals surface area contributed by atoms with E-state index < -0.39 is 85.2 Å². The Morgan fingerprint density at radius 2 is 1.56 bits per heavy atom. The summed E-state index contributed by atoms with van der Waals surface area (Å²) in [6, 6.07) is -5.40. The van der Waals surface area contributed by atoms with Gasteiger partial charge in [0.05, 0.1) is 18.6 Å². The molecule has 0 aliphatic carbocycles. The molecule has 1 rings (SSSR count). The molecule has 1 fully saturated rings. The van der Waals surface area contributed by atoms with Crippen LogP contribution >= 0.6 is 0 Å². The van der Waals surface area contributed by atoms with Crippen LogP contribution in [0.5, 0.6) is 0 Å². The predicted molar refractivity (Wildman–Crippen MR) is 105 cm³/mol. The number of carboxylic acid groups (broad SMARTS) is 3. The molecule has 14 heteroatoms. The molecule has 5 unspecified atom stereocenters. The number of aliphatic hydroxyl groups excluding tert-OH is 1. The number of hydrogen-bond donors (Lipinski definition) is 8. The maximum Gasteiger partial charge on any atom is 0.326 e. The van der Waals surface area contributed by atoms with E-state index in [2.05, 4.69) is 16.0 Å². The molecule has 180 valence electrons. The highest BCUT2D eigenvalue weighted by Crippen LogP contribution is 2.07.